The van der Waals surface area contributed by atoms with Crippen LogP contribution in [0.5, 0.6) is 0 Å². The van der Waals surface area contributed by atoms with E-state index in [1.54, 1.807) is 7.05 Å². The lowest BCUT2D eigenvalue weighted by Gasteiger charge is -2.03. The molecule has 0 atom stereocenters. The maximum Gasteiger partial charge on any atom is 0.334 e. The highest BCUT2D eigenvalue weighted by molar-refractivity contribution is 9.13. The Hall–Kier alpha value is -1.26. The molecule has 3 aromatic heterocycles. The highest BCUT2D eigenvalue weighted by Gasteiger charge is 2.21. The quantitative estimate of drug-likeness (QED) is 0.554. The van der Waals surface area contributed by atoms with E-state index in [9.17, 15) is 13.6 Å². The van der Waals surface area contributed by atoms with Gasteiger partial charge in [-0.05, 0) is 31.9 Å². The van der Waals surface area contributed by atoms with Crippen LogP contribution in [0, 0.1) is 0 Å². The number of aromatic nitrogens is 5. The fraction of sp³-hybridized carbons (Fsp3) is 0.182. The summed E-state index contributed by atoms with van der Waals surface area (Å²) in [4.78, 5) is 16.6. The van der Waals surface area contributed by atoms with Gasteiger partial charge in [-0.3, -0.25) is 4.57 Å². The average Bonchev–Trinajstić information content (AvgIpc) is 3.02. The topological polar surface area (TPSA) is 57.6 Å². The largest absolute Gasteiger partial charge is 0.334 e. The number of halogens is 5. The van der Waals surface area contributed by atoms with Crippen LogP contribution in [0.1, 0.15) is 6.55 Å². The first-order chi connectivity index (χ1) is 10.3. The van der Waals surface area contributed by atoms with Crippen molar-refractivity contribution in [1.29, 1.82) is 0 Å². The van der Waals surface area contributed by atoms with Crippen molar-refractivity contribution in [3.05, 3.63) is 37.0 Å². The maximum atomic E-state index is 12.7. The molecule has 0 fully saturated rings. The summed E-state index contributed by atoms with van der Waals surface area (Å²) >= 11 is 12.6. The Balaban J connectivity index is 2.39. The number of alkyl halides is 2. The van der Waals surface area contributed by atoms with E-state index >= 15 is 0 Å². The molecule has 6 nitrogen and oxygen atoms in total. The molecule has 0 N–H and O–H groups in total. The minimum Gasteiger partial charge on any atom is -0.292 e. The molecule has 0 aliphatic carbocycles. The van der Waals surface area contributed by atoms with Crippen LogP contribution in [-0.2, 0) is 7.05 Å². The minimum atomic E-state index is -2.79. The van der Waals surface area contributed by atoms with Gasteiger partial charge in [0.15, 0.2) is 5.65 Å². The lowest BCUT2D eigenvalue weighted by Crippen LogP contribution is -2.20. The van der Waals surface area contributed by atoms with E-state index in [0.29, 0.717) is 19.1 Å². The van der Waals surface area contributed by atoms with Crippen molar-refractivity contribution < 1.29 is 8.78 Å². The van der Waals surface area contributed by atoms with Crippen LogP contribution in [0.25, 0.3) is 16.9 Å². The number of rotatable bonds is 2. The normalized spacial score (nSPS) is 11.8. The van der Waals surface area contributed by atoms with E-state index in [1.165, 1.54) is 15.3 Å². The van der Waals surface area contributed by atoms with Crippen LogP contribution in [0.4, 0.5) is 8.78 Å². The van der Waals surface area contributed by atoms with Gasteiger partial charge in [0.25, 0.3) is 0 Å². The summed E-state index contributed by atoms with van der Waals surface area (Å²) in [7, 11) is 1.55. The Morgan fingerprint density at radius 2 is 2.00 bits per heavy atom. The van der Waals surface area contributed by atoms with E-state index in [4.69, 9.17) is 11.6 Å². The third-order valence-electron chi connectivity index (χ3n) is 3.07. The molecule has 0 saturated heterocycles. The smallest absolute Gasteiger partial charge is 0.292 e. The average molecular weight is 457 g/mol. The molecule has 0 aliphatic heterocycles. The summed E-state index contributed by atoms with van der Waals surface area (Å²) in [6.45, 7) is -2.79. The van der Waals surface area contributed by atoms with Crippen LogP contribution >= 0.6 is 43.5 Å². The first-order valence-electron chi connectivity index (χ1n) is 5.77. The summed E-state index contributed by atoms with van der Waals surface area (Å²) in [5, 5.41) is 3.67. The van der Waals surface area contributed by atoms with E-state index in [0.717, 1.165) is 6.20 Å². The summed E-state index contributed by atoms with van der Waals surface area (Å²) in [6.07, 6.45) is 2.23. The highest BCUT2D eigenvalue weighted by Crippen LogP contribution is 2.35. The van der Waals surface area contributed by atoms with Crippen LogP contribution in [0.15, 0.2) is 26.1 Å². The zero-order valence-corrected chi connectivity index (χ0v) is 14.7. The maximum absolute atomic E-state index is 12.7. The Labute approximate surface area is 143 Å². The zero-order valence-electron chi connectivity index (χ0n) is 10.8. The predicted molar refractivity (Wildman–Crippen MR) is 83.8 cm³/mol. The van der Waals surface area contributed by atoms with E-state index in [1.807, 2.05) is 0 Å². The Kier molecular flexibility index (Phi) is 3.86. The van der Waals surface area contributed by atoms with Gasteiger partial charge in [0.05, 0.1) is 27.0 Å². The SMILES string of the molecule is Cn1c(=O)n(-c2cnn(C(F)F)c2)c2nc(Cl)c(Br)c(Br)c21. The van der Waals surface area contributed by atoms with Gasteiger partial charge in [-0.15, -0.1) is 0 Å². The van der Waals surface area contributed by atoms with Crippen molar-refractivity contribution in [1.82, 2.24) is 23.9 Å². The molecule has 0 spiro atoms. The molecule has 3 aromatic rings. The highest BCUT2D eigenvalue weighted by atomic mass is 79.9. The van der Waals surface area contributed by atoms with Crippen LogP contribution < -0.4 is 5.69 Å². The summed E-state index contributed by atoms with van der Waals surface area (Å²) in [5.41, 5.74) is 0.437. The number of aryl methyl sites for hydroxylation is 1. The van der Waals surface area contributed by atoms with Crippen LogP contribution in [0.3, 0.4) is 0 Å². The Morgan fingerprint density at radius 1 is 1.32 bits per heavy atom. The molecule has 0 radical (unpaired) electrons. The van der Waals surface area contributed by atoms with Gasteiger partial charge in [-0.1, -0.05) is 11.6 Å². The summed E-state index contributed by atoms with van der Waals surface area (Å²) in [5.74, 6) is 0. The monoisotopic (exact) mass is 455 g/mol. The lowest BCUT2D eigenvalue weighted by molar-refractivity contribution is 0.0566. The first kappa shape index (κ1) is 15.6. The van der Waals surface area contributed by atoms with Crippen molar-refractivity contribution >= 4 is 54.6 Å². The standard InChI is InChI=1S/C11H6Br2ClF2N5O/c1-19-7-5(12)6(13)8(14)18-9(7)21(11(19)22)4-2-17-20(3-4)10(15)16/h2-3,10H,1H3. The third kappa shape index (κ3) is 2.20. The van der Waals surface area contributed by atoms with Crippen molar-refractivity contribution in [3.8, 4) is 5.69 Å². The lowest BCUT2D eigenvalue weighted by atomic mass is 10.4. The number of hydrogen-bond acceptors (Lipinski definition) is 3. The molecule has 11 heteroatoms. The number of fused-ring (bicyclic) bond motifs is 1. The number of pyridine rings is 1. The van der Waals surface area contributed by atoms with E-state index in [-0.39, 0.29) is 16.5 Å². The predicted octanol–water partition coefficient (Wildman–Crippen LogP) is 3.49. The van der Waals surface area contributed by atoms with Crippen LogP contribution in [-0.4, -0.2) is 23.9 Å². The first-order valence-corrected chi connectivity index (χ1v) is 7.74. The Bertz CT molecular complexity index is 948. The molecule has 0 amide bonds. The van der Waals surface area contributed by atoms with E-state index in [2.05, 4.69) is 41.9 Å². The number of hydrogen-bond donors (Lipinski definition) is 0. The van der Waals surface area contributed by atoms with Gasteiger partial charge in [-0.25, -0.2) is 19.0 Å². The molecule has 22 heavy (non-hydrogen) atoms. The molecular weight excluding hydrogens is 451 g/mol. The van der Waals surface area contributed by atoms with Gasteiger partial charge in [0.1, 0.15) is 10.7 Å². The fourth-order valence-corrected chi connectivity index (χ4v) is 3.26. The van der Waals surface area contributed by atoms with Crippen molar-refractivity contribution in [3.63, 3.8) is 0 Å². The minimum absolute atomic E-state index is 0.139. The third-order valence-corrected chi connectivity index (χ3v) is 5.65. The van der Waals surface area contributed by atoms with Crippen LogP contribution in [0.2, 0.25) is 5.15 Å². The number of nitrogens with zero attached hydrogens (tertiary/aromatic N) is 5. The second-order valence-corrected chi connectivity index (χ2v) is 6.28. The molecule has 0 unspecified atom stereocenters. The van der Waals surface area contributed by atoms with Gasteiger partial charge in [0.2, 0.25) is 0 Å². The Morgan fingerprint density at radius 3 is 2.59 bits per heavy atom. The second kappa shape index (κ2) is 5.43. The molecule has 116 valence electrons. The van der Waals surface area contributed by atoms with Gasteiger partial charge in [0, 0.05) is 7.05 Å². The van der Waals surface area contributed by atoms with Crippen molar-refractivity contribution in [2.75, 3.05) is 0 Å². The zero-order chi connectivity index (χ0) is 16.2. The van der Waals surface area contributed by atoms with E-state index < -0.39 is 12.2 Å². The van der Waals surface area contributed by atoms with Gasteiger partial charge in [-0.2, -0.15) is 13.9 Å². The van der Waals surface area contributed by atoms with Gasteiger partial charge < -0.3 is 0 Å². The molecular formula is C11H6Br2ClF2N5O. The molecule has 0 bridgehead atoms. The fourth-order valence-electron chi connectivity index (χ4n) is 2.06. The molecule has 3 rings (SSSR count). The van der Waals surface area contributed by atoms with Gasteiger partial charge >= 0.3 is 12.2 Å². The van der Waals surface area contributed by atoms with Crippen molar-refractivity contribution in [2.45, 2.75) is 6.55 Å². The summed E-state index contributed by atoms with van der Waals surface area (Å²) < 4.78 is 29.3. The molecule has 0 aromatic carbocycles. The molecule has 3 heterocycles. The number of imidazole rings is 1. The van der Waals surface area contributed by atoms with Crippen molar-refractivity contribution in [2.24, 2.45) is 7.05 Å². The molecule has 0 saturated carbocycles. The molecule has 0 aliphatic rings. The summed E-state index contributed by atoms with van der Waals surface area (Å²) in [6, 6.07) is 0. The second-order valence-electron chi connectivity index (χ2n) is 4.34.